The summed E-state index contributed by atoms with van der Waals surface area (Å²) >= 11 is 1.45. The third-order valence-corrected chi connectivity index (χ3v) is 5.07. The molecule has 0 saturated carbocycles. The third kappa shape index (κ3) is 3.53. The van der Waals surface area contributed by atoms with Crippen LogP contribution in [0.2, 0.25) is 0 Å². The van der Waals surface area contributed by atoms with Crippen LogP contribution in [0.3, 0.4) is 0 Å². The van der Waals surface area contributed by atoms with Crippen molar-refractivity contribution in [2.24, 2.45) is 10.2 Å². The summed E-state index contributed by atoms with van der Waals surface area (Å²) in [5, 5.41) is 27.8. The number of aromatic amines is 1. The molecule has 0 fully saturated rings. The van der Waals surface area contributed by atoms with Crippen molar-refractivity contribution in [1.82, 2.24) is 30.0 Å². The number of fused-ring (bicyclic) bond motifs is 1. The molecule has 26 heavy (non-hydrogen) atoms. The van der Waals surface area contributed by atoms with E-state index in [9.17, 15) is 0 Å². The summed E-state index contributed by atoms with van der Waals surface area (Å²) in [5.41, 5.74) is 2.06. The molecule has 0 unspecified atom stereocenters. The summed E-state index contributed by atoms with van der Waals surface area (Å²) in [6.07, 6.45) is 0. The van der Waals surface area contributed by atoms with Crippen molar-refractivity contribution in [3.8, 4) is 0 Å². The van der Waals surface area contributed by atoms with Crippen molar-refractivity contribution in [2.45, 2.75) is 72.1 Å². The molecule has 0 amide bonds. The van der Waals surface area contributed by atoms with E-state index in [0.717, 1.165) is 22.2 Å². The first-order valence-electron chi connectivity index (χ1n) is 8.72. The number of H-pyrrole nitrogens is 1. The predicted octanol–water partition coefficient (Wildman–Crippen LogP) is 5.04. The van der Waals surface area contributed by atoms with Gasteiger partial charge in [0.25, 0.3) is 5.13 Å². The van der Waals surface area contributed by atoms with Crippen molar-refractivity contribution in [3.05, 3.63) is 16.5 Å². The fraction of sp³-hybridized carbons (Fsp3) is 0.647. The SMILES string of the molecule is CC(C)c1nn2nc(C(C)(C)C)c(/N=N/c3nnc(C(C)(C)C)s3)c2[nH]1. The molecule has 3 rings (SSSR count). The average molecular weight is 375 g/mol. The molecule has 0 aliphatic rings. The monoisotopic (exact) mass is 374 g/mol. The van der Waals surface area contributed by atoms with E-state index in [-0.39, 0.29) is 16.7 Å². The second kappa shape index (κ2) is 6.22. The predicted molar refractivity (Wildman–Crippen MR) is 103 cm³/mol. The number of hydrogen-bond donors (Lipinski definition) is 1. The number of nitrogens with zero attached hydrogens (tertiary/aromatic N) is 7. The highest BCUT2D eigenvalue weighted by Gasteiger charge is 2.27. The largest absolute Gasteiger partial charge is 0.323 e. The Morgan fingerprint density at radius 2 is 1.65 bits per heavy atom. The fourth-order valence-corrected chi connectivity index (χ4v) is 3.06. The number of aromatic nitrogens is 6. The van der Waals surface area contributed by atoms with E-state index >= 15 is 0 Å². The molecule has 9 heteroatoms. The highest BCUT2D eigenvalue weighted by Crippen LogP contribution is 2.36. The van der Waals surface area contributed by atoms with Gasteiger partial charge in [0, 0.05) is 16.7 Å². The van der Waals surface area contributed by atoms with Crippen molar-refractivity contribution in [1.29, 1.82) is 0 Å². The summed E-state index contributed by atoms with van der Waals surface area (Å²) in [7, 11) is 0. The van der Waals surface area contributed by atoms with E-state index in [1.54, 1.807) is 4.63 Å². The van der Waals surface area contributed by atoms with Crippen molar-refractivity contribution >= 4 is 27.8 Å². The van der Waals surface area contributed by atoms with Crippen LogP contribution in [0.25, 0.3) is 5.65 Å². The molecule has 0 aliphatic carbocycles. The minimum Gasteiger partial charge on any atom is -0.323 e. The van der Waals surface area contributed by atoms with Gasteiger partial charge in [0.15, 0.2) is 11.3 Å². The zero-order chi connectivity index (χ0) is 19.3. The van der Waals surface area contributed by atoms with Crippen LogP contribution in [0, 0.1) is 0 Å². The lowest BCUT2D eigenvalue weighted by Crippen LogP contribution is -2.12. The van der Waals surface area contributed by atoms with E-state index in [4.69, 9.17) is 0 Å². The molecule has 3 aromatic rings. The van der Waals surface area contributed by atoms with E-state index < -0.39 is 0 Å². The first-order valence-corrected chi connectivity index (χ1v) is 9.53. The van der Waals surface area contributed by atoms with Gasteiger partial charge in [-0.2, -0.15) is 5.10 Å². The molecular formula is C17H26N8S. The summed E-state index contributed by atoms with van der Waals surface area (Å²) in [6, 6.07) is 0. The van der Waals surface area contributed by atoms with Crippen LogP contribution >= 0.6 is 11.3 Å². The number of rotatable bonds is 3. The van der Waals surface area contributed by atoms with E-state index in [2.05, 4.69) is 91.0 Å². The lowest BCUT2D eigenvalue weighted by Gasteiger charge is -2.15. The van der Waals surface area contributed by atoms with Gasteiger partial charge in [0.05, 0.1) is 5.69 Å². The zero-order valence-corrected chi connectivity index (χ0v) is 17.4. The molecule has 0 atom stereocenters. The quantitative estimate of drug-likeness (QED) is 0.649. The molecule has 0 aliphatic heterocycles. The lowest BCUT2D eigenvalue weighted by molar-refractivity contribution is 0.555. The van der Waals surface area contributed by atoms with Crippen molar-refractivity contribution < 1.29 is 0 Å². The Morgan fingerprint density at radius 1 is 0.962 bits per heavy atom. The van der Waals surface area contributed by atoms with Crippen LogP contribution in [-0.2, 0) is 10.8 Å². The third-order valence-electron chi connectivity index (χ3n) is 3.84. The van der Waals surface area contributed by atoms with Crippen molar-refractivity contribution in [2.75, 3.05) is 0 Å². The number of nitrogens with one attached hydrogen (secondary N) is 1. The number of azo groups is 1. The summed E-state index contributed by atoms with van der Waals surface area (Å²) in [4.78, 5) is 3.32. The molecule has 0 saturated heterocycles. The Balaban J connectivity index is 2.05. The van der Waals surface area contributed by atoms with Gasteiger partial charge in [0.2, 0.25) is 0 Å². The molecule has 8 nitrogen and oxygen atoms in total. The van der Waals surface area contributed by atoms with Gasteiger partial charge in [-0.25, -0.2) is 0 Å². The molecule has 3 aromatic heterocycles. The van der Waals surface area contributed by atoms with Crippen LogP contribution in [0.4, 0.5) is 10.8 Å². The van der Waals surface area contributed by atoms with Crippen LogP contribution < -0.4 is 0 Å². The van der Waals surface area contributed by atoms with Gasteiger partial charge < -0.3 is 4.98 Å². The summed E-state index contributed by atoms with van der Waals surface area (Å²) in [6.45, 7) is 16.8. The maximum Gasteiger partial charge on any atom is 0.251 e. The van der Waals surface area contributed by atoms with Gasteiger partial charge in [-0.3, -0.25) is 0 Å². The molecule has 3 heterocycles. The minimum absolute atomic E-state index is 0.0530. The maximum absolute atomic E-state index is 4.63. The maximum atomic E-state index is 4.63. The van der Waals surface area contributed by atoms with Crippen molar-refractivity contribution in [3.63, 3.8) is 0 Å². The van der Waals surface area contributed by atoms with Gasteiger partial charge in [0.1, 0.15) is 10.8 Å². The Bertz CT molecular complexity index is 946. The van der Waals surface area contributed by atoms with Gasteiger partial charge in [-0.1, -0.05) is 66.7 Å². The smallest absolute Gasteiger partial charge is 0.251 e. The summed E-state index contributed by atoms with van der Waals surface area (Å²) in [5.74, 6) is 1.15. The lowest BCUT2D eigenvalue weighted by atomic mass is 9.91. The van der Waals surface area contributed by atoms with Crippen LogP contribution in [0.5, 0.6) is 0 Å². The normalized spacial score (nSPS) is 13.6. The van der Waals surface area contributed by atoms with E-state index in [1.807, 2.05) is 0 Å². The van der Waals surface area contributed by atoms with Crippen LogP contribution in [-0.4, -0.2) is 30.0 Å². The highest BCUT2D eigenvalue weighted by molar-refractivity contribution is 7.15. The molecule has 0 bridgehead atoms. The van der Waals surface area contributed by atoms with Crippen LogP contribution in [0.15, 0.2) is 10.2 Å². The molecule has 0 aromatic carbocycles. The van der Waals surface area contributed by atoms with Gasteiger partial charge >= 0.3 is 0 Å². The van der Waals surface area contributed by atoms with E-state index in [1.165, 1.54) is 11.3 Å². The molecule has 140 valence electrons. The topological polar surface area (TPSA) is 96.5 Å². The zero-order valence-electron chi connectivity index (χ0n) is 16.6. The Morgan fingerprint density at radius 3 is 2.19 bits per heavy atom. The molecule has 1 N–H and O–H groups in total. The second-order valence-corrected chi connectivity index (χ2v) is 9.75. The summed E-state index contributed by atoms with van der Waals surface area (Å²) < 4.78 is 1.62. The molecule has 0 spiro atoms. The Hall–Kier alpha value is -2.16. The Kier molecular flexibility index (Phi) is 4.46. The fourth-order valence-electron chi connectivity index (χ4n) is 2.34. The van der Waals surface area contributed by atoms with Gasteiger partial charge in [-0.05, 0) is 0 Å². The molecule has 0 radical (unpaired) electrons. The standard InChI is InChI=1S/C17H26N8S/c1-9(2)12-18-13-10(11(16(3,4)5)23-25(13)24-12)19-21-15-22-20-14(26-15)17(6,7)8/h9H,1-8H3,(H,18,24)/b21-19+. The molecular weight excluding hydrogens is 348 g/mol. The minimum atomic E-state index is -0.182. The Labute approximate surface area is 157 Å². The first kappa shape index (κ1) is 18.6. The number of hydrogen-bond acceptors (Lipinski definition) is 7. The first-order chi connectivity index (χ1) is 12.0. The van der Waals surface area contributed by atoms with Gasteiger partial charge in [-0.15, -0.1) is 30.2 Å². The van der Waals surface area contributed by atoms with E-state index in [0.29, 0.717) is 10.8 Å². The highest BCUT2D eigenvalue weighted by atomic mass is 32.1. The van der Waals surface area contributed by atoms with Crippen LogP contribution in [0.1, 0.15) is 77.8 Å². The second-order valence-electron chi connectivity index (χ2n) is 8.79. The average Bonchev–Trinajstić information content (AvgIpc) is 3.17.